The molecule has 2 rings (SSSR count). The van der Waals surface area contributed by atoms with Crippen LogP contribution in [0.5, 0.6) is 0 Å². The first kappa shape index (κ1) is 20.4. The molecule has 1 saturated heterocycles. The van der Waals surface area contributed by atoms with Crippen molar-refractivity contribution in [2.24, 2.45) is 0 Å². The molecule has 0 unspecified atom stereocenters. The Bertz CT molecular complexity index is 465. The largest absolute Gasteiger partial charge is 0.498 e. The number of β-amino-alcohol motifs (C(OH)–C–C–N with tert-alkyl or cyclic N) is 1. The van der Waals surface area contributed by atoms with Gasteiger partial charge in [-0.15, -0.1) is 0 Å². The van der Waals surface area contributed by atoms with Crippen LogP contribution in [0, 0.1) is 0 Å². The molecule has 0 spiro atoms. The van der Waals surface area contributed by atoms with Crippen LogP contribution in [0.1, 0.15) is 45.4 Å². The average Bonchev–Trinajstić information content (AvgIpc) is 2.61. The van der Waals surface area contributed by atoms with Gasteiger partial charge in [-0.2, -0.15) is 0 Å². The lowest BCUT2D eigenvalue weighted by Crippen LogP contribution is -2.62. The van der Waals surface area contributed by atoms with E-state index >= 15 is 0 Å². The first-order valence-electron chi connectivity index (χ1n) is 9.47. The summed E-state index contributed by atoms with van der Waals surface area (Å²) in [7, 11) is 0. The average molecular weight is 355 g/mol. The summed E-state index contributed by atoms with van der Waals surface area (Å²) in [6.45, 7) is 3.51. The molecule has 1 fully saturated rings. The van der Waals surface area contributed by atoms with E-state index in [2.05, 4.69) is 6.92 Å². The van der Waals surface area contributed by atoms with Gasteiger partial charge in [-0.1, -0.05) is 37.8 Å². The van der Waals surface area contributed by atoms with Crippen molar-refractivity contribution in [2.45, 2.75) is 69.8 Å². The molecule has 1 aliphatic heterocycles. The second-order valence-corrected chi connectivity index (χ2v) is 7.09. The minimum atomic E-state index is -1.21. The van der Waals surface area contributed by atoms with E-state index in [1.165, 1.54) is 24.8 Å². The predicted octanol–water partition coefficient (Wildman–Crippen LogP) is 0.947. The van der Waals surface area contributed by atoms with Crippen molar-refractivity contribution in [1.29, 1.82) is 0 Å². The van der Waals surface area contributed by atoms with Crippen LogP contribution in [-0.2, 0) is 4.74 Å². The number of ether oxygens (including phenoxy) is 1. The Morgan fingerprint density at radius 3 is 2.52 bits per heavy atom. The third kappa shape index (κ3) is 5.79. The summed E-state index contributed by atoms with van der Waals surface area (Å²) in [5.74, 6) is 1.01. The lowest BCUT2D eigenvalue weighted by molar-refractivity contribution is -0.143. The molecule has 1 aliphatic carbocycles. The van der Waals surface area contributed by atoms with Crippen molar-refractivity contribution >= 4 is 0 Å². The van der Waals surface area contributed by atoms with Crippen LogP contribution in [0.3, 0.4) is 0 Å². The monoisotopic (exact) mass is 355 g/mol. The minimum Gasteiger partial charge on any atom is -0.498 e. The zero-order chi connectivity index (χ0) is 18.2. The summed E-state index contributed by atoms with van der Waals surface area (Å²) in [6.07, 6.45) is 7.17. The fourth-order valence-electron chi connectivity index (χ4n) is 3.47. The first-order valence-corrected chi connectivity index (χ1v) is 9.47. The van der Waals surface area contributed by atoms with Crippen molar-refractivity contribution in [2.75, 3.05) is 26.3 Å². The molecule has 144 valence electrons. The number of unbranched alkanes of at least 4 members (excludes halogenated alkanes) is 3. The van der Waals surface area contributed by atoms with Gasteiger partial charge in [0.05, 0.1) is 31.1 Å². The van der Waals surface area contributed by atoms with E-state index in [1.807, 2.05) is 17.1 Å². The van der Waals surface area contributed by atoms with Crippen molar-refractivity contribution in [1.82, 2.24) is 4.90 Å². The van der Waals surface area contributed by atoms with Gasteiger partial charge in [0.15, 0.2) is 0 Å². The summed E-state index contributed by atoms with van der Waals surface area (Å²) in [4.78, 5) is 1.85. The first-order chi connectivity index (χ1) is 12.1. The molecule has 0 bridgehead atoms. The molecule has 25 heavy (non-hydrogen) atoms. The predicted molar refractivity (Wildman–Crippen MR) is 96.0 cm³/mol. The number of allylic oxidation sites excluding steroid dienone is 3. The Morgan fingerprint density at radius 1 is 1.08 bits per heavy atom. The topological polar surface area (TPSA) is 93.4 Å². The summed E-state index contributed by atoms with van der Waals surface area (Å²) in [5, 5.41) is 39.2. The van der Waals surface area contributed by atoms with Gasteiger partial charge in [0.2, 0.25) is 0 Å². The summed E-state index contributed by atoms with van der Waals surface area (Å²) >= 11 is 0. The van der Waals surface area contributed by atoms with Crippen molar-refractivity contribution in [3.63, 3.8) is 0 Å². The van der Waals surface area contributed by atoms with Gasteiger partial charge in [-0.3, -0.25) is 4.90 Å². The number of aliphatic hydroxyl groups excluding tert-OH is 4. The molecule has 0 aromatic rings. The van der Waals surface area contributed by atoms with Crippen molar-refractivity contribution < 1.29 is 25.2 Å². The molecule has 0 aromatic carbocycles. The summed E-state index contributed by atoms with van der Waals surface area (Å²) in [5.41, 5.74) is 1.17. The molecule has 6 nitrogen and oxygen atoms in total. The quantitative estimate of drug-likeness (QED) is 0.460. The van der Waals surface area contributed by atoms with Gasteiger partial charge < -0.3 is 25.2 Å². The normalized spacial score (nSPS) is 30.8. The molecule has 0 saturated carbocycles. The highest BCUT2D eigenvalue weighted by Crippen LogP contribution is 2.24. The Labute approximate surface area is 150 Å². The maximum atomic E-state index is 10.0. The van der Waals surface area contributed by atoms with Crippen molar-refractivity contribution in [3.05, 3.63) is 23.5 Å². The molecule has 1 heterocycles. The van der Waals surface area contributed by atoms with Gasteiger partial charge in [0.25, 0.3) is 0 Å². The molecule has 4 N–H and O–H groups in total. The summed E-state index contributed by atoms with van der Waals surface area (Å²) in [6, 6.07) is -0.556. The Balaban J connectivity index is 1.84. The second kappa shape index (κ2) is 10.3. The van der Waals surface area contributed by atoms with Crippen LogP contribution in [0.2, 0.25) is 0 Å². The SMILES string of the molecule is CCCCCCOC1=CC=C(CN2C[C@H](O)[C@@H](O)[C@H](O)[C@H]2CO)CC1. The number of hydrogen-bond acceptors (Lipinski definition) is 6. The highest BCUT2D eigenvalue weighted by Gasteiger charge is 2.41. The van der Waals surface area contributed by atoms with Gasteiger partial charge >= 0.3 is 0 Å². The number of aliphatic hydroxyl groups is 4. The second-order valence-electron chi connectivity index (χ2n) is 7.09. The van der Waals surface area contributed by atoms with E-state index in [4.69, 9.17) is 4.74 Å². The zero-order valence-electron chi connectivity index (χ0n) is 15.2. The van der Waals surface area contributed by atoms with Crippen LogP contribution < -0.4 is 0 Å². The van der Waals surface area contributed by atoms with Crippen LogP contribution in [0.4, 0.5) is 0 Å². The molecule has 0 aromatic heterocycles. The number of piperidine rings is 1. The lowest BCUT2D eigenvalue weighted by Gasteiger charge is -2.43. The molecule has 0 radical (unpaired) electrons. The van der Waals surface area contributed by atoms with E-state index in [0.29, 0.717) is 6.54 Å². The number of nitrogens with zero attached hydrogens (tertiary/aromatic N) is 1. The van der Waals surface area contributed by atoms with E-state index < -0.39 is 24.4 Å². The van der Waals surface area contributed by atoms with E-state index in [9.17, 15) is 20.4 Å². The Hall–Kier alpha value is -0.920. The van der Waals surface area contributed by atoms with Gasteiger partial charge in [0.1, 0.15) is 12.2 Å². The Kier molecular flexibility index (Phi) is 8.39. The van der Waals surface area contributed by atoms with Crippen LogP contribution >= 0.6 is 0 Å². The maximum absolute atomic E-state index is 10.0. The van der Waals surface area contributed by atoms with Crippen LogP contribution in [-0.4, -0.2) is 76.0 Å². The minimum absolute atomic E-state index is 0.241. The molecule has 6 heteroatoms. The molecular weight excluding hydrogens is 322 g/mol. The van der Waals surface area contributed by atoms with Gasteiger partial charge in [-0.25, -0.2) is 0 Å². The lowest BCUT2D eigenvalue weighted by atomic mass is 9.93. The van der Waals surface area contributed by atoms with Gasteiger partial charge in [-0.05, 0) is 18.9 Å². The highest BCUT2D eigenvalue weighted by molar-refractivity contribution is 5.22. The standard InChI is InChI=1S/C19H33NO5/c1-2-3-4-5-10-25-15-8-6-14(7-9-15)11-20-12-17(22)19(24)18(23)16(20)13-21/h6,8,16-19,21-24H,2-5,7,9-13H2,1H3/t16-,17+,18-,19-/m1/s1. The highest BCUT2D eigenvalue weighted by atomic mass is 16.5. The molecular formula is C19H33NO5. The maximum Gasteiger partial charge on any atom is 0.109 e. The fraction of sp³-hybridized carbons (Fsp3) is 0.789. The van der Waals surface area contributed by atoms with Crippen LogP contribution in [0.15, 0.2) is 23.5 Å². The van der Waals surface area contributed by atoms with Crippen LogP contribution in [0.25, 0.3) is 0 Å². The zero-order valence-corrected chi connectivity index (χ0v) is 15.2. The fourth-order valence-corrected chi connectivity index (χ4v) is 3.47. The molecule has 4 atom stereocenters. The smallest absolute Gasteiger partial charge is 0.109 e. The van der Waals surface area contributed by atoms with Crippen molar-refractivity contribution in [3.8, 4) is 0 Å². The third-order valence-corrected chi connectivity index (χ3v) is 5.10. The summed E-state index contributed by atoms with van der Waals surface area (Å²) < 4.78 is 5.81. The number of likely N-dealkylation sites (tertiary alicyclic amines) is 1. The molecule has 2 aliphatic rings. The van der Waals surface area contributed by atoms with E-state index in [1.54, 1.807) is 0 Å². The van der Waals surface area contributed by atoms with E-state index in [-0.39, 0.29) is 13.2 Å². The molecule has 0 amide bonds. The van der Waals surface area contributed by atoms with Gasteiger partial charge in [0, 0.05) is 19.5 Å². The number of rotatable bonds is 9. The van der Waals surface area contributed by atoms with E-state index in [0.717, 1.165) is 31.6 Å². The third-order valence-electron chi connectivity index (χ3n) is 5.10. The number of hydrogen-bond donors (Lipinski definition) is 4. The Morgan fingerprint density at radius 2 is 1.88 bits per heavy atom.